The SMILES string of the molecule is Cc1ccc2c(oc3ccccc32)c1N1c2nccnc2N(c2ccccc2)C1C.[2H]C(C)(C)N1C=CN(c2c(C)ccc3c2oc2ccccc23)C1C.[2H]C([2H])([2H])C([2H])(C)N1C=CN(c2c(C)ccc3c2oc2ccccc23)C1C.[2H]C([2H])([2H])N1C=CN(c2c(C)ccc3c2oc2ccccc23)C1C.[2H]C([2H])([2H])N1c2ccccc2N(c2c(C)ccc3c2oc2ccccc23)C1C. The highest BCUT2D eigenvalue weighted by atomic mass is 16.3. The van der Waals surface area contributed by atoms with E-state index < -0.39 is 32.8 Å². The number of furan rings is 5. The lowest BCUT2D eigenvalue weighted by Gasteiger charge is -2.33. The van der Waals surface area contributed by atoms with Gasteiger partial charge in [0, 0.05) is 147 Å². The molecule has 0 saturated heterocycles. The van der Waals surface area contributed by atoms with E-state index in [1.54, 1.807) is 29.7 Å². The molecule has 17 heteroatoms. The molecule has 122 heavy (non-hydrogen) atoms. The topological polar surface area (TPSA) is 124 Å². The van der Waals surface area contributed by atoms with E-state index >= 15 is 0 Å². The van der Waals surface area contributed by atoms with Gasteiger partial charge in [-0.25, -0.2) is 9.97 Å². The number of para-hydroxylation sites is 8. The van der Waals surface area contributed by atoms with Gasteiger partial charge in [-0.2, -0.15) is 0 Å². The second-order valence-corrected chi connectivity index (χ2v) is 32.1. The summed E-state index contributed by atoms with van der Waals surface area (Å²) in [5, 5.41) is 10.8. The molecule has 0 fully saturated rings. The molecule has 0 amide bonds. The third-order valence-corrected chi connectivity index (χ3v) is 24.4. The average molecular weight is 1620 g/mol. The van der Waals surface area contributed by atoms with E-state index in [0.717, 1.165) is 183 Å². The first kappa shape index (κ1) is 65.8. The van der Waals surface area contributed by atoms with E-state index in [4.69, 9.17) is 42.1 Å². The molecular weight excluding hydrogens is 1510 g/mol. The van der Waals surface area contributed by atoms with Crippen molar-refractivity contribution in [3.8, 4) is 0 Å². The number of aryl methyl sites for hydroxylation is 5. The summed E-state index contributed by atoms with van der Waals surface area (Å²) >= 11 is 0. The Balaban J connectivity index is 0.000000107. The smallest absolute Gasteiger partial charge is 0.178 e. The van der Waals surface area contributed by atoms with Crippen LogP contribution in [0, 0.1) is 34.6 Å². The van der Waals surface area contributed by atoms with Gasteiger partial charge in [-0.05, 0) is 179 Å². The van der Waals surface area contributed by atoms with E-state index in [9.17, 15) is 0 Å². The van der Waals surface area contributed by atoms with Crippen LogP contribution in [0.3, 0.4) is 0 Å². The molecule has 12 aromatic carbocycles. The highest BCUT2D eigenvalue weighted by Crippen LogP contribution is 2.52. The molecule has 18 aromatic rings. The summed E-state index contributed by atoms with van der Waals surface area (Å²) in [7, 11) is 0. The second-order valence-electron chi connectivity index (χ2n) is 32.1. The van der Waals surface area contributed by atoms with Crippen molar-refractivity contribution < 1.29 is 37.2 Å². The fourth-order valence-corrected chi connectivity index (χ4v) is 18.3. The van der Waals surface area contributed by atoms with Gasteiger partial charge in [-0.3, -0.25) is 4.90 Å². The molecule has 0 spiro atoms. The molecule has 6 atom stereocenters. The van der Waals surface area contributed by atoms with Gasteiger partial charge in [0.1, 0.15) is 58.7 Å². The fraction of sp³-hybridized carbons (Fsp3) is 0.219. The van der Waals surface area contributed by atoms with Crippen molar-refractivity contribution in [2.75, 3.05) is 48.3 Å². The number of nitrogens with zero attached hydrogens (tertiary/aromatic N) is 12. The van der Waals surface area contributed by atoms with Crippen molar-refractivity contribution in [3.63, 3.8) is 0 Å². The van der Waals surface area contributed by atoms with Crippen LogP contribution < -0.4 is 34.3 Å². The largest absolute Gasteiger partial charge is 0.454 e. The molecule has 17 nitrogen and oxygen atoms in total. The van der Waals surface area contributed by atoms with Crippen LogP contribution in [-0.4, -0.2) is 81.5 Å². The Hall–Kier alpha value is -14.1. The number of anilines is 10. The number of hydrogen-bond acceptors (Lipinski definition) is 17. The summed E-state index contributed by atoms with van der Waals surface area (Å²) < 4.78 is 118. The van der Waals surface area contributed by atoms with Gasteiger partial charge < -0.3 is 66.2 Å². The van der Waals surface area contributed by atoms with Crippen molar-refractivity contribution in [3.05, 3.63) is 314 Å². The minimum absolute atomic E-state index is 0.0117. The van der Waals surface area contributed by atoms with Crippen LogP contribution in [0.2, 0.25) is 0 Å². The molecular formula is C105H102N12O5. The zero-order chi connectivity index (χ0) is 93.6. The molecule has 23 rings (SSSR count). The van der Waals surface area contributed by atoms with Crippen LogP contribution in [0.5, 0.6) is 0 Å². The predicted octanol–water partition coefficient (Wildman–Crippen LogP) is 27.1. The zero-order valence-electron chi connectivity index (χ0n) is 81.4. The average Bonchev–Trinajstić information content (AvgIpc) is 1.56. The number of rotatable bonds is 8. The molecule has 0 aliphatic carbocycles. The molecule has 6 unspecified atom stereocenters. The molecule has 6 aromatic heterocycles. The number of benzene rings is 12. The maximum Gasteiger partial charge on any atom is 0.178 e. The van der Waals surface area contributed by atoms with Crippen LogP contribution in [0.15, 0.2) is 308 Å². The van der Waals surface area contributed by atoms with Crippen LogP contribution in [-0.2, 0) is 0 Å². The monoisotopic (exact) mass is 1620 g/mol. The Morgan fingerprint density at radius 3 is 1.02 bits per heavy atom. The first-order valence-corrected chi connectivity index (χ1v) is 41.4. The zero-order valence-corrected chi connectivity index (χ0v) is 70.4. The molecule has 612 valence electrons. The Morgan fingerprint density at radius 1 is 0.303 bits per heavy atom. The Morgan fingerprint density at radius 2 is 0.639 bits per heavy atom. The van der Waals surface area contributed by atoms with Gasteiger partial charge in [0.15, 0.2) is 39.6 Å². The quantitative estimate of drug-likeness (QED) is 0.143. The van der Waals surface area contributed by atoms with Gasteiger partial charge in [0.05, 0.1) is 42.6 Å². The highest BCUT2D eigenvalue weighted by Gasteiger charge is 2.41. The normalized spacial score (nSPS) is 19.5. The van der Waals surface area contributed by atoms with E-state index in [1.807, 2.05) is 240 Å². The van der Waals surface area contributed by atoms with E-state index in [1.165, 1.54) is 22.3 Å². The number of aromatic nitrogens is 2. The van der Waals surface area contributed by atoms with Crippen LogP contribution in [0.25, 0.3) is 110 Å². The summed E-state index contributed by atoms with van der Waals surface area (Å²) in [6.07, 6.45) is 13.5. The van der Waals surface area contributed by atoms with E-state index in [-0.39, 0.29) is 30.8 Å². The third-order valence-electron chi connectivity index (χ3n) is 24.4. The van der Waals surface area contributed by atoms with Crippen molar-refractivity contribution in [1.82, 2.24) is 24.7 Å². The summed E-state index contributed by atoms with van der Waals surface area (Å²) in [5.74, 6) is 1.69. The van der Waals surface area contributed by atoms with Gasteiger partial charge in [-0.15, -0.1) is 0 Å². The molecule has 0 radical (unpaired) electrons. The summed E-state index contributed by atoms with van der Waals surface area (Å²) in [4.78, 5) is 28.6. The summed E-state index contributed by atoms with van der Waals surface area (Å²) in [6, 6.07) is 76.7. The Bertz CT molecular complexity index is 7480. The maximum absolute atomic E-state index is 8.42. The minimum atomic E-state index is -2.43. The highest BCUT2D eigenvalue weighted by molar-refractivity contribution is 6.15. The lowest BCUT2D eigenvalue weighted by atomic mass is 10.1. The third kappa shape index (κ3) is 13.1. The molecule has 5 aliphatic heterocycles. The van der Waals surface area contributed by atoms with Gasteiger partial charge in [-0.1, -0.05) is 182 Å². The van der Waals surface area contributed by atoms with E-state index in [2.05, 4.69) is 143 Å². The Kier molecular flexibility index (Phi) is 16.9. The number of hydrogen-bond donors (Lipinski definition) is 0. The molecule has 0 bridgehead atoms. The van der Waals surface area contributed by atoms with Crippen LogP contribution >= 0.6 is 0 Å². The van der Waals surface area contributed by atoms with Gasteiger partial charge in [0.25, 0.3) is 0 Å². The standard InChI is InChI=1S/C25H20N4O.C22H20N2O.2C20H22N2O.C18H18N2O/c1-16-12-13-20-19-10-6-7-11-21(19)30-23(20)22(16)29-17(2)28(18-8-4-3-5-9-18)24-25(29)27-15-14-26-24;1-14-12-13-17-16-8-4-7-11-20(16)25-22(17)21(14)24-15(2)23(3)18-9-5-6-10-19(18)24;2*1-13(2)21-11-12-22(15(21)4)19-14(3)9-10-17-16-7-5-6-8-18(16)23-20(17)19;1-12-8-9-15-14-6-4-5-7-16(14)21-18(15)17(12)20-11-10-19(3)13(20)2/h3-15,17H,1-2H3;4-13,15H,1-3H3;2*5-13,15H,1-4H3;4-11,13H,1-3H3/i;3D3;1D3,13D;13D;3D3. The number of fused-ring (bicyclic) bond motifs is 17. The van der Waals surface area contributed by atoms with E-state index in [0.29, 0.717) is 5.69 Å². The first-order chi connectivity index (χ1) is 63.5. The predicted molar refractivity (Wildman–Crippen MR) is 506 cm³/mol. The van der Waals surface area contributed by atoms with Crippen molar-refractivity contribution in [2.24, 2.45) is 0 Å². The minimum Gasteiger partial charge on any atom is -0.454 e. The molecule has 5 aliphatic rings. The van der Waals surface area contributed by atoms with Gasteiger partial charge >= 0.3 is 0 Å². The first-order valence-electron chi connectivity index (χ1n) is 46.9. The summed E-state index contributed by atoms with van der Waals surface area (Å²) in [6.45, 7) is 18.7. The fourth-order valence-electron chi connectivity index (χ4n) is 18.3. The lowest BCUT2D eigenvalue weighted by Crippen LogP contribution is -2.39. The second kappa shape index (κ2) is 31.3. The molecule has 0 saturated carbocycles. The lowest BCUT2D eigenvalue weighted by molar-refractivity contribution is 0.263. The molecule has 11 heterocycles. The van der Waals surface area contributed by atoms with Gasteiger partial charge in [0.2, 0.25) is 0 Å². The van der Waals surface area contributed by atoms with Crippen molar-refractivity contribution in [1.29, 1.82) is 0 Å². The van der Waals surface area contributed by atoms with Crippen molar-refractivity contribution in [2.45, 2.75) is 140 Å². The Labute approximate surface area is 727 Å². The van der Waals surface area contributed by atoms with Crippen LogP contribution in [0.1, 0.15) is 105 Å². The van der Waals surface area contributed by atoms with Crippen molar-refractivity contribution >= 4 is 167 Å². The molecule has 0 N–H and O–H groups in total. The van der Waals surface area contributed by atoms with Crippen LogP contribution in [0.4, 0.5) is 57.1 Å². The maximum atomic E-state index is 8.42. The summed E-state index contributed by atoms with van der Waals surface area (Å²) in [5.41, 5.74) is 21.4.